The molecule has 5 rings (SSSR count). The third-order valence-electron chi connectivity index (χ3n) is 5.44. The van der Waals surface area contributed by atoms with E-state index in [2.05, 4.69) is 56.6 Å². The number of thiazole rings is 1. The van der Waals surface area contributed by atoms with Crippen LogP contribution in [0.25, 0.3) is 32.2 Å². The highest BCUT2D eigenvalue weighted by atomic mass is 79.9. The van der Waals surface area contributed by atoms with Gasteiger partial charge in [0, 0.05) is 27.8 Å². The van der Waals surface area contributed by atoms with Crippen molar-refractivity contribution in [3.8, 4) is 22.0 Å². The van der Waals surface area contributed by atoms with E-state index in [-0.39, 0.29) is 11.7 Å². The Hall–Kier alpha value is -3.01. The van der Waals surface area contributed by atoms with Crippen LogP contribution in [0.2, 0.25) is 0 Å². The molecule has 0 aliphatic heterocycles. The molecule has 35 heavy (non-hydrogen) atoms. The number of carbonyl (C=O) groups is 1. The van der Waals surface area contributed by atoms with Crippen LogP contribution in [-0.2, 0) is 11.3 Å². The summed E-state index contributed by atoms with van der Waals surface area (Å²) < 4.78 is 4.16. The second-order valence-corrected chi connectivity index (χ2v) is 10.8. The number of nitrogens with one attached hydrogen (secondary N) is 1. The highest BCUT2D eigenvalue weighted by Gasteiger charge is 2.16. The van der Waals surface area contributed by atoms with Crippen LogP contribution >= 0.6 is 39.0 Å². The van der Waals surface area contributed by atoms with Crippen molar-refractivity contribution in [3.63, 3.8) is 0 Å². The zero-order chi connectivity index (χ0) is 24.4. The van der Waals surface area contributed by atoms with Gasteiger partial charge in [0.15, 0.2) is 11.0 Å². The number of hydrogen-bond acceptors (Lipinski definition) is 6. The number of aryl methyl sites for hydroxylation is 1. The molecule has 0 atom stereocenters. The van der Waals surface area contributed by atoms with Gasteiger partial charge in [0.05, 0.1) is 16.0 Å². The summed E-state index contributed by atoms with van der Waals surface area (Å²) in [6.45, 7) is 4.84. The SMILES string of the molecule is CCn1c(SCC(=O)Nc2ccc(-c3nc4ccc(C)cc4s3)cc2)nnc1-c1ccccc1Br. The standard InChI is InChI=1S/C26H22BrN5OS2/c1-3-32-24(19-6-4-5-7-20(19)27)30-31-26(32)34-15-23(33)28-18-11-9-17(10-12-18)25-29-21-13-8-16(2)14-22(21)35-25/h4-14H,3,15H2,1-2H3,(H,28,33). The van der Waals surface area contributed by atoms with Gasteiger partial charge in [-0.25, -0.2) is 4.98 Å². The first-order valence-corrected chi connectivity index (χ1v) is 13.7. The van der Waals surface area contributed by atoms with Gasteiger partial charge < -0.3 is 9.88 Å². The molecule has 0 fully saturated rings. The van der Waals surface area contributed by atoms with Crippen molar-refractivity contribution in [3.05, 3.63) is 76.8 Å². The van der Waals surface area contributed by atoms with Crippen molar-refractivity contribution in [2.45, 2.75) is 25.5 Å². The van der Waals surface area contributed by atoms with Gasteiger partial charge >= 0.3 is 0 Å². The molecule has 0 radical (unpaired) electrons. The number of fused-ring (bicyclic) bond motifs is 1. The molecule has 0 saturated carbocycles. The van der Waals surface area contributed by atoms with E-state index in [1.807, 2.05) is 60.0 Å². The molecule has 0 spiro atoms. The lowest BCUT2D eigenvalue weighted by Crippen LogP contribution is -2.14. The molecule has 1 N–H and O–H groups in total. The first-order valence-electron chi connectivity index (χ1n) is 11.1. The van der Waals surface area contributed by atoms with Gasteiger partial charge in [-0.1, -0.05) is 52.0 Å². The summed E-state index contributed by atoms with van der Waals surface area (Å²) in [5.41, 5.74) is 4.99. The van der Waals surface area contributed by atoms with Crippen molar-refractivity contribution in [2.75, 3.05) is 11.1 Å². The van der Waals surface area contributed by atoms with E-state index < -0.39 is 0 Å². The fraction of sp³-hybridized carbons (Fsp3) is 0.154. The molecule has 0 aliphatic rings. The summed E-state index contributed by atoms with van der Waals surface area (Å²) in [5.74, 6) is 0.933. The maximum Gasteiger partial charge on any atom is 0.234 e. The van der Waals surface area contributed by atoms with E-state index in [1.54, 1.807) is 11.3 Å². The summed E-state index contributed by atoms with van der Waals surface area (Å²) in [6, 6.07) is 22.0. The van der Waals surface area contributed by atoms with E-state index >= 15 is 0 Å². The first kappa shape index (κ1) is 23.7. The molecule has 0 bridgehead atoms. The average Bonchev–Trinajstić information content (AvgIpc) is 3.47. The van der Waals surface area contributed by atoms with Gasteiger partial charge in [0.1, 0.15) is 5.01 Å². The third kappa shape index (κ3) is 5.17. The van der Waals surface area contributed by atoms with Crippen LogP contribution in [0.15, 0.2) is 76.4 Å². The lowest BCUT2D eigenvalue weighted by Gasteiger charge is -2.09. The number of rotatable bonds is 7. The number of aromatic nitrogens is 4. The molecule has 6 nitrogen and oxygen atoms in total. The minimum atomic E-state index is -0.0914. The molecular weight excluding hydrogens is 542 g/mol. The zero-order valence-electron chi connectivity index (χ0n) is 19.2. The molecule has 0 unspecified atom stereocenters. The summed E-state index contributed by atoms with van der Waals surface area (Å²) in [4.78, 5) is 17.3. The first-order chi connectivity index (χ1) is 17.0. The number of anilines is 1. The minimum Gasteiger partial charge on any atom is -0.325 e. The zero-order valence-corrected chi connectivity index (χ0v) is 22.4. The van der Waals surface area contributed by atoms with Crippen LogP contribution in [0.4, 0.5) is 5.69 Å². The highest BCUT2D eigenvalue weighted by Crippen LogP contribution is 2.32. The van der Waals surface area contributed by atoms with Crippen LogP contribution in [0.3, 0.4) is 0 Å². The molecule has 176 valence electrons. The molecule has 0 saturated heterocycles. The number of nitrogens with zero attached hydrogens (tertiary/aromatic N) is 4. The second kappa shape index (κ2) is 10.3. The fourth-order valence-corrected chi connectivity index (χ4v) is 6.03. The fourth-order valence-electron chi connectivity index (χ4n) is 3.70. The molecular formula is C26H22BrN5OS2. The Bertz CT molecular complexity index is 1510. The molecule has 2 heterocycles. The monoisotopic (exact) mass is 563 g/mol. The van der Waals surface area contributed by atoms with Crippen molar-refractivity contribution in [1.29, 1.82) is 0 Å². The van der Waals surface area contributed by atoms with Crippen molar-refractivity contribution >= 4 is 60.8 Å². The van der Waals surface area contributed by atoms with Gasteiger partial charge in [0.2, 0.25) is 5.91 Å². The smallest absolute Gasteiger partial charge is 0.234 e. The maximum absolute atomic E-state index is 12.6. The number of hydrogen-bond donors (Lipinski definition) is 1. The Kier molecular flexibility index (Phi) is 6.99. The largest absolute Gasteiger partial charge is 0.325 e. The third-order valence-corrected chi connectivity index (χ3v) is 8.17. The molecule has 2 aromatic heterocycles. The minimum absolute atomic E-state index is 0.0914. The molecule has 9 heteroatoms. The van der Waals surface area contributed by atoms with Gasteiger partial charge in [-0.3, -0.25) is 4.79 Å². The van der Waals surface area contributed by atoms with Crippen LogP contribution < -0.4 is 5.32 Å². The van der Waals surface area contributed by atoms with E-state index in [4.69, 9.17) is 4.98 Å². The Morgan fingerprint density at radius 2 is 1.89 bits per heavy atom. The van der Waals surface area contributed by atoms with Gasteiger partial charge in [-0.15, -0.1) is 21.5 Å². The number of thioether (sulfide) groups is 1. The van der Waals surface area contributed by atoms with Crippen LogP contribution in [0.5, 0.6) is 0 Å². The summed E-state index contributed by atoms with van der Waals surface area (Å²) in [5, 5.41) is 13.3. The number of halogens is 1. The van der Waals surface area contributed by atoms with E-state index in [0.717, 1.165) is 42.8 Å². The summed E-state index contributed by atoms with van der Waals surface area (Å²) >= 11 is 6.63. The number of amides is 1. The predicted molar refractivity (Wildman–Crippen MR) is 148 cm³/mol. The maximum atomic E-state index is 12.6. The number of carbonyl (C=O) groups excluding carboxylic acids is 1. The lowest BCUT2D eigenvalue weighted by molar-refractivity contribution is -0.113. The van der Waals surface area contributed by atoms with E-state index in [9.17, 15) is 4.79 Å². The van der Waals surface area contributed by atoms with Crippen molar-refractivity contribution < 1.29 is 4.79 Å². The van der Waals surface area contributed by atoms with Crippen molar-refractivity contribution in [1.82, 2.24) is 19.7 Å². The molecule has 0 aliphatic carbocycles. The van der Waals surface area contributed by atoms with Crippen LogP contribution in [0, 0.1) is 6.92 Å². The topological polar surface area (TPSA) is 72.7 Å². The van der Waals surface area contributed by atoms with Crippen molar-refractivity contribution in [2.24, 2.45) is 0 Å². The van der Waals surface area contributed by atoms with Crippen LogP contribution in [0.1, 0.15) is 12.5 Å². The Morgan fingerprint density at radius 1 is 1.09 bits per heavy atom. The van der Waals surface area contributed by atoms with Crippen LogP contribution in [-0.4, -0.2) is 31.4 Å². The van der Waals surface area contributed by atoms with Gasteiger partial charge in [-0.05, 0) is 61.9 Å². The Balaban J connectivity index is 1.23. The van der Waals surface area contributed by atoms with E-state index in [0.29, 0.717) is 6.54 Å². The lowest BCUT2D eigenvalue weighted by atomic mass is 10.2. The quantitative estimate of drug-likeness (QED) is 0.215. The molecule has 1 amide bonds. The molecule has 5 aromatic rings. The molecule has 3 aromatic carbocycles. The predicted octanol–water partition coefficient (Wildman–Crippen LogP) is 7.04. The number of benzene rings is 3. The van der Waals surface area contributed by atoms with Gasteiger partial charge in [0.25, 0.3) is 0 Å². The average molecular weight is 565 g/mol. The summed E-state index contributed by atoms with van der Waals surface area (Å²) in [7, 11) is 0. The Labute approximate surface area is 219 Å². The van der Waals surface area contributed by atoms with Gasteiger partial charge in [-0.2, -0.15) is 0 Å². The normalized spacial score (nSPS) is 11.2. The summed E-state index contributed by atoms with van der Waals surface area (Å²) in [6.07, 6.45) is 0. The highest BCUT2D eigenvalue weighted by molar-refractivity contribution is 9.10. The Morgan fingerprint density at radius 3 is 2.66 bits per heavy atom. The van der Waals surface area contributed by atoms with E-state index in [1.165, 1.54) is 22.0 Å². The second-order valence-electron chi connectivity index (χ2n) is 7.93.